The van der Waals surface area contributed by atoms with E-state index >= 15 is 0 Å². The first-order valence-corrected chi connectivity index (χ1v) is 22.9. The summed E-state index contributed by atoms with van der Waals surface area (Å²) in [6.07, 6.45) is -0.543. The Labute approximate surface area is 400 Å². The molecule has 0 fully saturated rings. The number of nitriles is 1. The number of thiocarbonyl (C=S) groups is 1. The van der Waals surface area contributed by atoms with Gasteiger partial charge in [0.25, 0.3) is 0 Å². The maximum Gasteiger partial charge on any atom is 0.310 e. The Bertz CT molecular complexity index is 1410. The lowest BCUT2D eigenvalue weighted by Gasteiger charge is -2.33. The number of thioether (sulfide) groups is 1. The van der Waals surface area contributed by atoms with Crippen LogP contribution in [0.3, 0.4) is 0 Å². The van der Waals surface area contributed by atoms with Crippen molar-refractivity contribution in [3.63, 3.8) is 0 Å². The molecule has 3 atom stereocenters. The first kappa shape index (κ1) is 61.6. The summed E-state index contributed by atoms with van der Waals surface area (Å²) in [4.78, 5) is 38.9. The van der Waals surface area contributed by atoms with E-state index in [2.05, 4.69) is 6.07 Å². The van der Waals surface area contributed by atoms with E-state index in [0.29, 0.717) is 114 Å². The second kappa shape index (κ2) is 39.8. The van der Waals surface area contributed by atoms with Crippen LogP contribution in [0.4, 0.5) is 0 Å². The van der Waals surface area contributed by atoms with E-state index in [1.165, 1.54) is 18.7 Å². The van der Waals surface area contributed by atoms with E-state index in [9.17, 15) is 24.8 Å². The van der Waals surface area contributed by atoms with E-state index in [1.54, 1.807) is 7.11 Å². The number of carbonyl (C=O) groups is 3. The molecule has 1 rings (SSSR count). The first-order valence-electron chi connectivity index (χ1n) is 21.5. The van der Waals surface area contributed by atoms with Crippen molar-refractivity contribution < 1.29 is 93.1 Å². The summed E-state index contributed by atoms with van der Waals surface area (Å²) < 4.78 is 61.2. The number of aliphatic carboxylic acids is 1. The molecule has 0 amide bonds. The lowest BCUT2D eigenvalue weighted by atomic mass is 9.71. The van der Waals surface area contributed by atoms with Crippen LogP contribution in [0.15, 0.2) is 30.3 Å². The number of methoxy groups -OCH3 is 1. The molecule has 0 aliphatic carbocycles. The van der Waals surface area contributed by atoms with Crippen LogP contribution in [-0.2, 0) is 66.5 Å². The summed E-state index contributed by atoms with van der Waals surface area (Å²) in [5.74, 6) is -4.17. The average molecular weight is 1010 g/mol. The standard InChI is InChI=1S/C44H72N2O15S2.BrH/c1-6-46(3,4)14-15-60-42(50)39(44(2,36-45)13-12-40(47)48)34-38(35-63-43(62)37-10-8-7-9-11-37)41(49)61-33-32-59-31-30-58-29-28-57-27-26-56-25-24-55-23-22-54-21-20-53-19-18-52-17-16-51-5;/h7-11,38-39H,6,12-35H2,1-5H3;1H. The number of hydrogen-bond acceptors (Lipinski definition) is 17. The van der Waals surface area contributed by atoms with Crippen molar-refractivity contribution in [1.82, 2.24) is 0 Å². The van der Waals surface area contributed by atoms with Crippen molar-refractivity contribution in [2.24, 2.45) is 17.3 Å². The molecule has 17 nitrogen and oxygen atoms in total. The number of carbonyl (C=O) groups excluding carboxylic acids is 2. The minimum atomic E-state index is -1.43. The van der Waals surface area contributed by atoms with E-state index in [0.717, 1.165) is 12.1 Å². The topological polar surface area (TPSA) is 197 Å². The highest BCUT2D eigenvalue weighted by molar-refractivity contribution is 8.23. The second-order valence-electron chi connectivity index (χ2n) is 15.1. The highest BCUT2D eigenvalue weighted by Crippen LogP contribution is 2.38. The van der Waals surface area contributed by atoms with Gasteiger partial charge >= 0.3 is 17.9 Å². The zero-order valence-electron chi connectivity index (χ0n) is 38.5. The highest BCUT2D eigenvalue weighted by Gasteiger charge is 2.44. The van der Waals surface area contributed by atoms with Crippen molar-refractivity contribution in [1.29, 1.82) is 5.26 Å². The van der Waals surface area contributed by atoms with Gasteiger partial charge in [0, 0.05) is 19.3 Å². The van der Waals surface area contributed by atoms with Crippen molar-refractivity contribution >= 4 is 46.1 Å². The third kappa shape index (κ3) is 31.5. The lowest BCUT2D eigenvalue weighted by molar-refractivity contribution is -0.888. The largest absolute Gasteiger partial charge is 1.00 e. The predicted octanol–water partition coefficient (Wildman–Crippen LogP) is 1.08. The molecule has 0 bridgehead atoms. The Morgan fingerprint density at radius 3 is 1.55 bits per heavy atom. The van der Waals surface area contributed by atoms with Gasteiger partial charge < -0.3 is 78.7 Å². The Kier molecular flexibility index (Phi) is 38.3. The number of ether oxygens (including phenoxy) is 11. The molecule has 1 N–H and O–H groups in total. The van der Waals surface area contributed by atoms with Gasteiger partial charge in [-0.2, -0.15) is 5.26 Å². The molecule has 64 heavy (non-hydrogen) atoms. The highest BCUT2D eigenvalue weighted by atomic mass is 79.9. The molecular weight excluding hydrogens is 941 g/mol. The van der Waals surface area contributed by atoms with Crippen molar-refractivity contribution in [2.45, 2.75) is 33.1 Å². The molecule has 1 aromatic rings. The lowest BCUT2D eigenvalue weighted by Crippen LogP contribution is -3.00. The number of rotatable bonds is 42. The molecule has 0 saturated carbocycles. The van der Waals surface area contributed by atoms with Crippen LogP contribution in [0, 0.1) is 28.6 Å². The van der Waals surface area contributed by atoms with Crippen molar-refractivity contribution in [3.8, 4) is 6.07 Å². The predicted molar refractivity (Wildman–Crippen MR) is 241 cm³/mol. The SMILES string of the molecule is CC[N+](C)(C)CCOC(=O)C(CC(CSC(=S)c1ccccc1)C(=O)OCCOCCOCCOCCOCCOCCOCCOCCOCCOC)C(C)(C#N)CCC(=O)O.[Br-]. The fourth-order valence-electron chi connectivity index (χ4n) is 5.40. The molecule has 0 aromatic heterocycles. The molecule has 0 aliphatic rings. The quantitative estimate of drug-likeness (QED) is 0.0423. The van der Waals surface area contributed by atoms with Crippen LogP contribution in [0.5, 0.6) is 0 Å². The summed E-state index contributed by atoms with van der Waals surface area (Å²) in [6.45, 7) is 12.2. The molecule has 0 saturated heterocycles. The van der Waals surface area contributed by atoms with Gasteiger partial charge in [0.15, 0.2) is 0 Å². The van der Waals surface area contributed by atoms with Gasteiger partial charge in [-0.1, -0.05) is 42.5 Å². The summed E-state index contributed by atoms with van der Waals surface area (Å²) in [5, 5.41) is 19.7. The maximum atomic E-state index is 13.7. The molecule has 0 radical (unpaired) electrons. The number of halogens is 1. The molecular formula is C44H73BrN2O15S2. The average Bonchev–Trinajstić information content (AvgIpc) is 3.27. The van der Waals surface area contributed by atoms with Gasteiger partial charge in [-0.25, -0.2) is 0 Å². The van der Waals surface area contributed by atoms with Crippen LogP contribution < -0.4 is 17.0 Å². The van der Waals surface area contributed by atoms with E-state index < -0.39 is 35.2 Å². The van der Waals surface area contributed by atoms with Gasteiger partial charge in [0.1, 0.15) is 19.8 Å². The smallest absolute Gasteiger partial charge is 0.310 e. The Morgan fingerprint density at radius 2 is 1.14 bits per heavy atom. The summed E-state index contributed by atoms with van der Waals surface area (Å²) in [7, 11) is 5.64. The number of carboxylic acids is 1. The number of carboxylic acid groups (broad SMARTS) is 1. The van der Waals surface area contributed by atoms with E-state index in [-0.39, 0.29) is 68.4 Å². The van der Waals surface area contributed by atoms with Crippen LogP contribution in [-0.4, -0.2) is 197 Å². The zero-order valence-corrected chi connectivity index (χ0v) is 41.7. The third-order valence-corrected chi connectivity index (χ3v) is 11.4. The van der Waals surface area contributed by atoms with Crippen LogP contribution >= 0.6 is 24.0 Å². The number of hydrogen-bond donors (Lipinski definition) is 1. The second-order valence-corrected chi connectivity index (χ2v) is 16.8. The molecule has 1 aromatic carbocycles. The van der Waals surface area contributed by atoms with Gasteiger partial charge in [-0.15, -0.1) is 11.8 Å². The van der Waals surface area contributed by atoms with Gasteiger partial charge in [-0.05, 0) is 32.3 Å². The summed E-state index contributed by atoms with van der Waals surface area (Å²) in [5.41, 5.74) is -0.623. The molecule has 3 unspecified atom stereocenters. The summed E-state index contributed by atoms with van der Waals surface area (Å²) >= 11 is 6.91. The Balaban J connectivity index is 0.0000397. The number of quaternary nitrogens is 1. The molecule has 20 heteroatoms. The van der Waals surface area contributed by atoms with E-state index in [4.69, 9.17) is 64.3 Å². The van der Waals surface area contributed by atoms with Crippen LogP contribution in [0.1, 0.15) is 38.7 Å². The number of likely N-dealkylation sites (N-methyl/N-ethyl adjacent to an activating group) is 1. The van der Waals surface area contributed by atoms with Gasteiger partial charge in [0.2, 0.25) is 0 Å². The van der Waals surface area contributed by atoms with Crippen LogP contribution in [0.2, 0.25) is 0 Å². The number of benzene rings is 1. The minimum absolute atomic E-state index is 0. The van der Waals surface area contributed by atoms with Gasteiger partial charge in [0.05, 0.1) is 160 Å². The molecule has 0 aliphatic heterocycles. The third-order valence-electron chi connectivity index (χ3n) is 9.75. The van der Waals surface area contributed by atoms with Gasteiger partial charge in [-0.3, -0.25) is 14.4 Å². The van der Waals surface area contributed by atoms with Crippen molar-refractivity contribution in [3.05, 3.63) is 35.9 Å². The maximum absolute atomic E-state index is 13.7. The number of esters is 2. The van der Waals surface area contributed by atoms with Crippen LogP contribution in [0.25, 0.3) is 0 Å². The van der Waals surface area contributed by atoms with Crippen molar-refractivity contribution in [2.75, 3.05) is 166 Å². The Morgan fingerprint density at radius 1 is 0.719 bits per heavy atom. The fourth-order valence-corrected chi connectivity index (χ4v) is 6.66. The van der Waals surface area contributed by atoms with E-state index in [1.807, 2.05) is 51.4 Å². The normalized spacial score (nSPS) is 13.2. The molecule has 0 spiro atoms. The summed E-state index contributed by atoms with van der Waals surface area (Å²) in [6, 6.07) is 11.5. The Hall–Kier alpha value is -2.36. The fraction of sp³-hybridized carbons (Fsp3) is 0.750. The molecule has 0 heterocycles. The minimum Gasteiger partial charge on any atom is -1.00 e. The number of nitrogens with zero attached hydrogens (tertiary/aromatic N) is 2. The zero-order chi connectivity index (χ0) is 46.4. The first-order chi connectivity index (χ1) is 30.4. The monoisotopic (exact) mass is 1010 g/mol. The molecule has 368 valence electrons.